The molecule has 0 saturated heterocycles. The van der Waals surface area contributed by atoms with E-state index in [-0.39, 0.29) is 5.75 Å². The second kappa shape index (κ2) is 4.76. The van der Waals surface area contributed by atoms with Crippen molar-refractivity contribution in [1.82, 2.24) is 0 Å². The summed E-state index contributed by atoms with van der Waals surface area (Å²) in [6, 6.07) is 11.5. The lowest BCUT2D eigenvalue weighted by Gasteiger charge is -2.02. The van der Waals surface area contributed by atoms with Crippen LogP contribution >= 0.6 is 23.4 Å². The van der Waals surface area contributed by atoms with Gasteiger partial charge in [0.2, 0.25) is 0 Å². The number of rotatable bonds is 3. The van der Waals surface area contributed by atoms with Crippen LogP contribution in [0.15, 0.2) is 41.3 Å². The average Bonchev–Trinajstić information content (AvgIpc) is 2.26. The van der Waals surface area contributed by atoms with Gasteiger partial charge in [0.05, 0.1) is 5.75 Å². The molecule has 0 bridgehead atoms. The van der Waals surface area contributed by atoms with Gasteiger partial charge >= 0.3 is 5.97 Å². The van der Waals surface area contributed by atoms with E-state index in [0.717, 1.165) is 15.7 Å². The number of thioether (sulfide) groups is 1. The molecule has 2 nitrogen and oxygen atoms in total. The monoisotopic (exact) mass is 252 g/mol. The Bertz CT molecular complexity index is 540. The van der Waals surface area contributed by atoms with Crippen LogP contribution in [0.5, 0.6) is 0 Å². The Hall–Kier alpha value is -1.19. The van der Waals surface area contributed by atoms with E-state index in [4.69, 9.17) is 16.7 Å². The van der Waals surface area contributed by atoms with Gasteiger partial charge in [0, 0.05) is 9.92 Å². The number of hydrogen-bond donors (Lipinski definition) is 1. The van der Waals surface area contributed by atoms with Crippen molar-refractivity contribution < 1.29 is 9.90 Å². The number of carboxylic acids is 1. The smallest absolute Gasteiger partial charge is 0.313 e. The number of benzene rings is 2. The lowest BCUT2D eigenvalue weighted by Crippen LogP contribution is -1.97. The van der Waals surface area contributed by atoms with Gasteiger partial charge in [-0.05, 0) is 35.0 Å². The van der Waals surface area contributed by atoms with Crippen molar-refractivity contribution in [2.24, 2.45) is 0 Å². The molecule has 16 heavy (non-hydrogen) atoms. The molecular weight excluding hydrogens is 244 g/mol. The first-order valence-electron chi connectivity index (χ1n) is 4.69. The van der Waals surface area contributed by atoms with Gasteiger partial charge in [-0.3, -0.25) is 4.79 Å². The van der Waals surface area contributed by atoms with E-state index in [1.807, 2.05) is 36.4 Å². The molecule has 0 amide bonds. The molecule has 0 aliphatic carbocycles. The molecule has 0 aliphatic rings. The molecule has 0 aromatic heterocycles. The highest BCUT2D eigenvalue weighted by Gasteiger charge is 2.01. The summed E-state index contributed by atoms with van der Waals surface area (Å²) in [6.45, 7) is 0. The van der Waals surface area contributed by atoms with Crippen molar-refractivity contribution >= 4 is 40.1 Å². The van der Waals surface area contributed by atoms with Crippen LogP contribution in [0.1, 0.15) is 0 Å². The minimum absolute atomic E-state index is 0.0824. The van der Waals surface area contributed by atoms with Gasteiger partial charge in [0.1, 0.15) is 0 Å². The van der Waals surface area contributed by atoms with E-state index < -0.39 is 5.97 Å². The SMILES string of the molecule is O=C(O)CSc1ccc2cc(Cl)ccc2c1. The highest BCUT2D eigenvalue weighted by molar-refractivity contribution is 8.00. The number of fused-ring (bicyclic) bond motifs is 1. The van der Waals surface area contributed by atoms with Gasteiger partial charge in [-0.1, -0.05) is 23.7 Å². The fourth-order valence-corrected chi connectivity index (χ4v) is 2.27. The fraction of sp³-hybridized carbons (Fsp3) is 0.0833. The summed E-state index contributed by atoms with van der Waals surface area (Å²) in [7, 11) is 0. The molecule has 0 heterocycles. The van der Waals surface area contributed by atoms with Crippen molar-refractivity contribution in [3.8, 4) is 0 Å². The highest BCUT2D eigenvalue weighted by Crippen LogP contribution is 2.25. The number of aliphatic carboxylic acids is 1. The maximum atomic E-state index is 10.4. The first kappa shape index (κ1) is 11.3. The number of halogens is 1. The second-order valence-corrected chi connectivity index (χ2v) is 4.82. The lowest BCUT2D eigenvalue weighted by molar-refractivity contribution is -0.133. The van der Waals surface area contributed by atoms with Crippen LogP contribution < -0.4 is 0 Å². The normalized spacial score (nSPS) is 10.6. The van der Waals surface area contributed by atoms with Crippen molar-refractivity contribution in [2.45, 2.75) is 4.90 Å². The summed E-state index contributed by atoms with van der Waals surface area (Å²) in [4.78, 5) is 11.4. The number of hydrogen-bond acceptors (Lipinski definition) is 2. The summed E-state index contributed by atoms with van der Waals surface area (Å²) in [5.41, 5.74) is 0. The third-order valence-electron chi connectivity index (χ3n) is 2.14. The molecule has 82 valence electrons. The standard InChI is InChI=1S/C12H9ClO2S/c13-10-3-1-9-6-11(16-7-12(14)15)4-2-8(9)5-10/h1-6H,7H2,(H,14,15). The quantitative estimate of drug-likeness (QED) is 0.847. The summed E-state index contributed by atoms with van der Waals surface area (Å²) in [6.07, 6.45) is 0. The first-order chi connectivity index (χ1) is 7.65. The van der Waals surface area contributed by atoms with Gasteiger partial charge in [-0.25, -0.2) is 0 Å². The predicted molar refractivity (Wildman–Crippen MR) is 67.3 cm³/mol. The van der Waals surface area contributed by atoms with Crippen LogP contribution in [0, 0.1) is 0 Å². The van der Waals surface area contributed by atoms with E-state index in [2.05, 4.69) is 0 Å². The molecular formula is C12H9ClO2S. The molecule has 0 fully saturated rings. The Labute approximate surface area is 102 Å². The van der Waals surface area contributed by atoms with Crippen molar-refractivity contribution in [3.05, 3.63) is 41.4 Å². The molecule has 2 rings (SSSR count). The second-order valence-electron chi connectivity index (χ2n) is 3.34. The van der Waals surface area contributed by atoms with Gasteiger partial charge in [0.25, 0.3) is 0 Å². The zero-order chi connectivity index (χ0) is 11.5. The maximum absolute atomic E-state index is 10.4. The summed E-state index contributed by atoms with van der Waals surface area (Å²) < 4.78 is 0. The molecule has 0 spiro atoms. The fourth-order valence-electron chi connectivity index (χ4n) is 1.43. The van der Waals surface area contributed by atoms with Crippen molar-refractivity contribution in [3.63, 3.8) is 0 Å². The van der Waals surface area contributed by atoms with Crippen LogP contribution in [-0.4, -0.2) is 16.8 Å². The van der Waals surface area contributed by atoms with E-state index in [9.17, 15) is 4.79 Å². The molecule has 2 aromatic rings. The molecule has 0 atom stereocenters. The summed E-state index contributed by atoms with van der Waals surface area (Å²) >= 11 is 7.19. The van der Waals surface area contributed by atoms with Crippen LogP contribution in [-0.2, 0) is 4.79 Å². The molecule has 0 saturated carbocycles. The zero-order valence-corrected chi connectivity index (χ0v) is 9.89. The molecule has 1 N–H and O–H groups in total. The number of carbonyl (C=O) groups is 1. The minimum Gasteiger partial charge on any atom is -0.481 e. The Balaban J connectivity index is 2.30. The van der Waals surface area contributed by atoms with E-state index in [1.165, 1.54) is 11.8 Å². The van der Waals surface area contributed by atoms with Gasteiger partial charge < -0.3 is 5.11 Å². The zero-order valence-electron chi connectivity index (χ0n) is 8.31. The topological polar surface area (TPSA) is 37.3 Å². The van der Waals surface area contributed by atoms with Crippen molar-refractivity contribution in [2.75, 3.05) is 5.75 Å². The van der Waals surface area contributed by atoms with Gasteiger partial charge in [-0.15, -0.1) is 11.8 Å². The Morgan fingerprint density at radius 1 is 1.19 bits per heavy atom. The Morgan fingerprint density at radius 2 is 1.88 bits per heavy atom. The highest BCUT2D eigenvalue weighted by atomic mass is 35.5. The largest absolute Gasteiger partial charge is 0.481 e. The predicted octanol–water partition coefficient (Wildman–Crippen LogP) is 3.67. The summed E-state index contributed by atoms with van der Waals surface area (Å²) in [5.74, 6) is -0.722. The average molecular weight is 253 g/mol. The van der Waals surface area contributed by atoms with Crippen LogP contribution in [0.2, 0.25) is 5.02 Å². The molecule has 2 aromatic carbocycles. The summed E-state index contributed by atoms with van der Waals surface area (Å²) in [5, 5.41) is 11.4. The van der Waals surface area contributed by atoms with E-state index >= 15 is 0 Å². The Morgan fingerprint density at radius 3 is 2.62 bits per heavy atom. The maximum Gasteiger partial charge on any atom is 0.313 e. The third kappa shape index (κ3) is 2.68. The van der Waals surface area contributed by atoms with E-state index in [0.29, 0.717) is 5.02 Å². The Kier molecular flexibility index (Phi) is 3.36. The molecule has 0 radical (unpaired) electrons. The third-order valence-corrected chi connectivity index (χ3v) is 3.35. The van der Waals surface area contributed by atoms with Crippen molar-refractivity contribution in [1.29, 1.82) is 0 Å². The first-order valence-corrected chi connectivity index (χ1v) is 6.05. The van der Waals surface area contributed by atoms with Crippen LogP contribution in [0.4, 0.5) is 0 Å². The van der Waals surface area contributed by atoms with Crippen LogP contribution in [0.25, 0.3) is 10.8 Å². The lowest BCUT2D eigenvalue weighted by atomic mass is 10.1. The molecule has 4 heteroatoms. The molecule has 0 unspecified atom stereocenters. The van der Waals surface area contributed by atoms with Crippen LogP contribution in [0.3, 0.4) is 0 Å². The number of carboxylic acid groups (broad SMARTS) is 1. The van der Waals surface area contributed by atoms with Gasteiger partial charge in [-0.2, -0.15) is 0 Å². The minimum atomic E-state index is -0.804. The van der Waals surface area contributed by atoms with Gasteiger partial charge in [0.15, 0.2) is 0 Å². The molecule has 0 aliphatic heterocycles. The van der Waals surface area contributed by atoms with E-state index in [1.54, 1.807) is 0 Å².